The van der Waals surface area contributed by atoms with E-state index in [-0.39, 0.29) is 5.91 Å². The summed E-state index contributed by atoms with van der Waals surface area (Å²) in [6.07, 6.45) is 0.694. The van der Waals surface area contributed by atoms with Crippen LogP contribution >= 0.6 is 15.9 Å². The van der Waals surface area contributed by atoms with E-state index in [0.29, 0.717) is 19.5 Å². The molecule has 1 aromatic carbocycles. The molecule has 1 rings (SSSR count). The second-order valence-corrected chi connectivity index (χ2v) is 5.65. The van der Waals surface area contributed by atoms with Gasteiger partial charge in [-0.2, -0.15) is 0 Å². The number of nitrogens with one attached hydrogen (secondary N) is 1. The first-order chi connectivity index (χ1) is 7.95. The van der Waals surface area contributed by atoms with Crippen LogP contribution in [0, 0.1) is 5.41 Å². The van der Waals surface area contributed by atoms with Crippen molar-refractivity contribution in [3.8, 4) is 0 Å². The van der Waals surface area contributed by atoms with Gasteiger partial charge in [-0.3, -0.25) is 4.79 Å². The summed E-state index contributed by atoms with van der Waals surface area (Å²) >= 11 is 3.38. The Morgan fingerprint density at radius 1 is 1.35 bits per heavy atom. The van der Waals surface area contributed by atoms with Gasteiger partial charge in [-0.15, -0.1) is 0 Å². The van der Waals surface area contributed by atoms with Crippen molar-refractivity contribution in [2.24, 2.45) is 11.1 Å². The van der Waals surface area contributed by atoms with Crippen LogP contribution in [0.1, 0.15) is 25.8 Å². The number of benzene rings is 1. The molecule has 0 aliphatic carbocycles. The Balaban J connectivity index is 2.50. The third-order valence-electron chi connectivity index (χ3n) is 2.75. The van der Waals surface area contributed by atoms with Crippen LogP contribution in [0.3, 0.4) is 0 Å². The molecule has 0 fully saturated rings. The standard InChI is InChI=1S/C13H19BrN2O/c1-13(2,7-8-15)12(17)16-9-10-3-5-11(14)6-4-10/h3-6H,7-9,15H2,1-2H3,(H,16,17). The molecule has 17 heavy (non-hydrogen) atoms. The lowest BCUT2D eigenvalue weighted by atomic mass is 9.88. The fourth-order valence-corrected chi connectivity index (χ4v) is 1.76. The van der Waals surface area contributed by atoms with Crippen LogP contribution in [0.15, 0.2) is 28.7 Å². The summed E-state index contributed by atoms with van der Waals surface area (Å²) in [5.74, 6) is 0.0471. The number of nitrogens with two attached hydrogens (primary N) is 1. The highest BCUT2D eigenvalue weighted by molar-refractivity contribution is 9.10. The van der Waals surface area contributed by atoms with Crippen LogP contribution < -0.4 is 11.1 Å². The van der Waals surface area contributed by atoms with Crippen molar-refractivity contribution in [3.63, 3.8) is 0 Å². The molecule has 0 saturated heterocycles. The second kappa shape index (κ2) is 6.17. The van der Waals surface area contributed by atoms with Crippen LogP contribution in [0.5, 0.6) is 0 Å². The molecular weight excluding hydrogens is 280 g/mol. The molecular formula is C13H19BrN2O. The molecule has 0 radical (unpaired) electrons. The molecule has 0 spiro atoms. The van der Waals surface area contributed by atoms with Gasteiger partial charge < -0.3 is 11.1 Å². The first kappa shape index (κ1) is 14.2. The molecule has 0 heterocycles. The summed E-state index contributed by atoms with van der Waals surface area (Å²) in [7, 11) is 0. The van der Waals surface area contributed by atoms with Gasteiger partial charge in [-0.1, -0.05) is 41.9 Å². The summed E-state index contributed by atoms with van der Waals surface area (Å²) in [5.41, 5.74) is 6.18. The average Bonchev–Trinajstić information content (AvgIpc) is 2.27. The van der Waals surface area contributed by atoms with Gasteiger partial charge in [0.15, 0.2) is 0 Å². The molecule has 4 heteroatoms. The Bertz CT molecular complexity index is 374. The number of hydrogen-bond acceptors (Lipinski definition) is 2. The van der Waals surface area contributed by atoms with Crippen LogP contribution in [-0.2, 0) is 11.3 Å². The predicted molar refractivity (Wildman–Crippen MR) is 73.4 cm³/mol. The lowest BCUT2D eigenvalue weighted by Gasteiger charge is -2.22. The molecule has 0 aliphatic heterocycles. The fraction of sp³-hybridized carbons (Fsp3) is 0.462. The van der Waals surface area contributed by atoms with Gasteiger partial charge in [0.1, 0.15) is 0 Å². The Morgan fingerprint density at radius 3 is 2.47 bits per heavy atom. The summed E-state index contributed by atoms with van der Waals surface area (Å²) < 4.78 is 1.04. The predicted octanol–water partition coefficient (Wildman–Crippen LogP) is 2.44. The van der Waals surface area contributed by atoms with Crippen molar-refractivity contribution < 1.29 is 4.79 Å². The Morgan fingerprint density at radius 2 is 1.94 bits per heavy atom. The second-order valence-electron chi connectivity index (χ2n) is 4.73. The van der Waals surface area contributed by atoms with Crippen LogP contribution in [0.4, 0.5) is 0 Å². The Kier molecular flexibility index (Phi) is 5.15. The average molecular weight is 299 g/mol. The third-order valence-corrected chi connectivity index (χ3v) is 3.28. The zero-order chi connectivity index (χ0) is 12.9. The largest absolute Gasteiger partial charge is 0.352 e. The highest BCUT2D eigenvalue weighted by Crippen LogP contribution is 2.19. The molecule has 0 unspecified atom stereocenters. The number of carbonyl (C=O) groups excluding carboxylic acids is 1. The molecule has 0 bridgehead atoms. The van der Waals surface area contributed by atoms with E-state index < -0.39 is 5.41 Å². The van der Waals surface area contributed by atoms with E-state index in [1.807, 2.05) is 38.1 Å². The third kappa shape index (κ3) is 4.48. The summed E-state index contributed by atoms with van der Waals surface area (Å²) in [6.45, 7) is 4.91. The van der Waals surface area contributed by atoms with E-state index in [1.54, 1.807) is 0 Å². The molecule has 1 aromatic rings. The highest BCUT2D eigenvalue weighted by atomic mass is 79.9. The van der Waals surface area contributed by atoms with Crippen molar-refractivity contribution in [1.82, 2.24) is 5.32 Å². The minimum absolute atomic E-state index is 0.0471. The van der Waals surface area contributed by atoms with E-state index in [4.69, 9.17) is 5.73 Å². The topological polar surface area (TPSA) is 55.1 Å². The van der Waals surface area contributed by atoms with Crippen LogP contribution in [0.25, 0.3) is 0 Å². The molecule has 0 saturated carbocycles. The van der Waals surface area contributed by atoms with E-state index >= 15 is 0 Å². The molecule has 94 valence electrons. The van der Waals surface area contributed by atoms with Crippen molar-refractivity contribution in [2.45, 2.75) is 26.8 Å². The maximum Gasteiger partial charge on any atom is 0.225 e. The minimum atomic E-state index is -0.399. The van der Waals surface area contributed by atoms with Gasteiger partial charge in [-0.25, -0.2) is 0 Å². The molecule has 3 nitrogen and oxygen atoms in total. The van der Waals surface area contributed by atoms with Crippen molar-refractivity contribution in [2.75, 3.05) is 6.54 Å². The molecule has 1 amide bonds. The zero-order valence-corrected chi connectivity index (χ0v) is 11.9. The van der Waals surface area contributed by atoms with E-state index in [9.17, 15) is 4.79 Å². The number of amides is 1. The van der Waals surface area contributed by atoms with Crippen LogP contribution in [-0.4, -0.2) is 12.5 Å². The maximum absolute atomic E-state index is 11.9. The van der Waals surface area contributed by atoms with Gasteiger partial charge in [0, 0.05) is 16.4 Å². The van der Waals surface area contributed by atoms with E-state index in [1.165, 1.54) is 0 Å². The lowest BCUT2D eigenvalue weighted by molar-refractivity contribution is -0.129. The monoisotopic (exact) mass is 298 g/mol. The van der Waals surface area contributed by atoms with Gasteiger partial charge in [-0.05, 0) is 30.7 Å². The van der Waals surface area contributed by atoms with Crippen molar-refractivity contribution in [1.29, 1.82) is 0 Å². The Hall–Kier alpha value is -0.870. The van der Waals surface area contributed by atoms with Crippen molar-refractivity contribution in [3.05, 3.63) is 34.3 Å². The summed E-state index contributed by atoms with van der Waals surface area (Å²) in [5, 5.41) is 2.93. The number of halogens is 1. The normalized spacial score (nSPS) is 11.3. The minimum Gasteiger partial charge on any atom is -0.352 e. The van der Waals surface area contributed by atoms with E-state index in [2.05, 4.69) is 21.2 Å². The number of hydrogen-bond donors (Lipinski definition) is 2. The maximum atomic E-state index is 11.9. The number of carbonyl (C=O) groups is 1. The fourth-order valence-electron chi connectivity index (χ4n) is 1.50. The van der Waals surface area contributed by atoms with Crippen molar-refractivity contribution >= 4 is 21.8 Å². The van der Waals surface area contributed by atoms with Gasteiger partial charge >= 0.3 is 0 Å². The van der Waals surface area contributed by atoms with E-state index in [0.717, 1.165) is 10.0 Å². The van der Waals surface area contributed by atoms with Gasteiger partial charge in [0.2, 0.25) is 5.91 Å². The van der Waals surface area contributed by atoms with Crippen LogP contribution in [0.2, 0.25) is 0 Å². The number of rotatable bonds is 5. The summed E-state index contributed by atoms with van der Waals surface area (Å²) in [6, 6.07) is 7.90. The lowest BCUT2D eigenvalue weighted by Crippen LogP contribution is -2.37. The molecule has 3 N–H and O–H groups in total. The first-order valence-corrected chi connectivity index (χ1v) is 6.48. The smallest absolute Gasteiger partial charge is 0.225 e. The molecule has 0 atom stereocenters. The summed E-state index contributed by atoms with van der Waals surface area (Å²) in [4.78, 5) is 11.9. The molecule has 0 aliphatic rings. The van der Waals surface area contributed by atoms with Gasteiger partial charge in [0.25, 0.3) is 0 Å². The molecule has 0 aromatic heterocycles. The highest BCUT2D eigenvalue weighted by Gasteiger charge is 2.25. The Labute approximate surface area is 111 Å². The zero-order valence-electron chi connectivity index (χ0n) is 10.3. The van der Waals surface area contributed by atoms with Gasteiger partial charge in [0.05, 0.1) is 0 Å². The quantitative estimate of drug-likeness (QED) is 0.877. The first-order valence-electron chi connectivity index (χ1n) is 5.68. The SMILES string of the molecule is CC(C)(CCN)C(=O)NCc1ccc(Br)cc1.